The van der Waals surface area contributed by atoms with E-state index in [4.69, 9.17) is 0 Å². The van der Waals surface area contributed by atoms with Crippen LogP contribution in [0.25, 0.3) is 11.1 Å². The molecule has 28 heavy (non-hydrogen) atoms. The molecule has 0 atom stereocenters. The number of aromatic nitrogens is 1. The van der Waals surface area contributed by atoms with Crippen molar-refractivity contribution in [3.05, 3.63) is 77.6 Å². The molecule has 0 saturated heterocycles. The first-order valence-corrected chi connectivity index (χ1v) is 9.41. The summed E-state index contributed by atoms with van der Waals surface area (Å²) in [6.45, 7) is 1.52. The zero-order valence-corrected chi connectivity index (χ0v) is 15.3. The van der Waals surface area contributed by atoms with E-state index in [1.807, 2.05) is 0 Å². The summed E-state index contributed by atoms with van der Waals surface area (Å²) in [6.07, 6.45) is -3.59. The maximum absolute atomic E-state index is 13.1. The van der Waals surface area contributed by atoms with Crippen molar-refractivity contribution in [2.45, 2.75) is 18.0 Å². The van der Waals surface area contributed by atoms with E-state index in [2.05, 4.69) is 0 Å². The number of rotatable bonds is 4. The average molecular weight is 409 g/mol. The highest BCUT2D eigenvalue weighted by Crippen LogP contribution is 2.36. The van der Waals surface area contributed by atoms with Crippen LogP contribution in [0.15, 0.2) is 65.7 Å². The molecule has 1 N–H and O–H groups in total. The van der Waals surface area contributed by atoms with Crippen molar-refractivity contribution in [2.75, 3.05) is 0 Å². The summed E-state index contributed by atoms with van der Waals surface area (Å²) in [4.78, 5) is 11.7. The van der Waals surface area contributed by atoms with E-state index in [0.717, 1.165) is 18.3 Å². The molecule has 0 aliphatic carbocycles. The van der Waals surface area contributed by atoms with Crippen LogP contribution in [0.3, 0.4) is 0 Å². The fourth-order valence-electron chi connectivity index (χ4n) is 2.84. The van der Waals surface area contributed by atoms with Crippen molar-refractivity contribution >= 4 is 16.0 Å². The minimum Gasteiger partial charge on any atom is -0.477 e. The highest BCUT2D eigenvalue weighted by Gasteiger charge is 2.32. The first-order chi connectivity index (χ1) is 13.0. The summed E-state index contributed by atoms with van der Waals surface area (Å²) >= 11 is 0. The minimum atomic E-state index is -4.62. The molecule has 0 fully saturated rings. The number of hydrogen-bond acceptors (Lipinski definition) is 3. The van der Waals surface area contributed by atoms with Gasteiger partial charge in [-0.05, 0) is 48.4 Å². The summed E-state index contributed by atoms with van der Waals surface area (Å²) in [5.74, 6) is -1.57. The molecule has 0 bridgehead atoms. The summed E-state index contributed by atoms with van der Waals surface area (Å²) < 4.78 is 65.5. The molecule has 3 aromatic rings. The number of carbonyl (C=O) groups is 1. The second-order valence-electron chi connectivity index (χ2n) is 6.02. The molecule has 0 radical (unpaired) electrons. The van der Waals surface area contributed by atoms with Crippen molar-refractivity contribution in [1.29, 1.82) is 0 Å². The fourth-order valence-corrected chi connectivity index (χ4v) is 4.20. The van der Waals surface area contributed by atoms with Gasteiger partial charge in [-0.25, -0.2) is 17.2 Å². The molecular formula is C19H14F3NO4S. The topological polar surface area (TPSA) is 76.4 Å². The van der Waals surface area contributed by atoms with Crippen LogP contribution in [0, 0.1) is 6.92 Å². The Morgan fingerprint density at radius 2 is 1.64 bits per heavy atom. The van der Waals surface area contributed by atoms with E-state index in [9.17, 15) is 31.5 Å². The molecule has 2 aromatic carbocycles. The van der Waals surface area contributed by atoms with Crippen molar-refractivity contribution in [3.8, 4) is 11.1 Å². The lowest BCUT2D eigenvalue weighted by molar-refractivity contribution is -0.137. The molecule has 1 aromatic heterocycles. The quantitative estimate of drug-likeness (QED) is 0.692. The van der Waals surface area contributed by atoms with Gasteiger partial charge in [0, 0.05) is 11.8 Å². The number of halogens is 3. The van der Waals surface area contributed by atoms with Gasteiger partial charge >= 0.3 is 12.1 Å². The first-order valence-electron chi connectivity index (χ1n) is 7.97. The zero-order valence-electron chi connectivity index (χ0n) is 14.4. The lowest BCUT2D eigenvalue weighted by atomic mass is 9.98. The Bertz CT molecular complexity index is 1150. The van der Waals surface area contributed by atoms with E-state index >= 15 is 0 Å². The van der Waals surface area contributed by atoms with Crippen LogP contribution in [-0.4, -0.2) is 23.5 Å². The number of aryl methyl sites for hydroxylation is 1. The molecule has 146 valence electrons. The van der Waals surface area contributed by atoms with E-state index in [1.165, 1.54) is 43.3 Å². The van der Waals surface area contributed by atoms with Crippen LogP contribution in [-0.2, 0) is 16.2 Å². The molecule has 3 rings (SSSR count). The predicted molar refractivity (Wildman–Crippen MR) is 95.6 cm³/mol. The van der Waals surface area contributed by atoms with Gasteiger partial charge < -0.3 is 5.11 Å². The van der Waals surface area contributed by atoms with E-state index in [1.54, 1.807) is 6.07 Å². The Morgan fingerprint density at radius 1 is 1.00 bits per heavy atom. The maximum atomic E-state index is 13.1. The normalized spacial score (nSPS) is 12.1. The van der Waals surface area contributed by atoms with Crippen LogP contribution in [0.5, 0.6) is 0 Å². The molecule has 1 heterocycles. The monoisotopic (exact) mass is 409 g/mol. The highest BCUT2D eigenvalue weighted by molar-refractivity contribution is 7.90. The number of nitrogens with zero attached hydrogens (tertiary/aromatic N) is 1. The molecular weight excluding hydrogens is 395 g/mol. The molecule has 0 amide bonds. The largest absolute Gasteiger partial charge is 0.477 e. The number of benzene rings is 2. The van der Waals surface area contributed by atoms with E-state index < -0.39 is 33.4 Å². The SMILES string of the molecule is Cc1ccc(C(F)(F)F)cc1-c1ccn(S(=O)(=O)c2ccccc2)c1C(=O)O. The standard InChI is InChI=1S/C19H14F3NO4S/c1-12-7-8-13(19(20,21)22)11-16(12)15-9-10-23(17(15)18(24)25)28(26,27)14-5-3-2-4-6-14/h2-11H,1H3,(H,24,25). The van der Waals surface area contributed by atoms with Crippen molar-refractivity contribution in [1.82, 2.24) is 3.97 Å². The van der Waals surface area contributed by atoms with Gasteiger partial charge in [-0.1, -0.05) is 24.3 Å². The van der Waals surface area contributed by atoms with Crippen molar-refractivity contribution < 1.29 is 31.5 Å². The van der Waals surface area contributed by atoms with Crippen molar-refractivity contribution in [3.63, 3.8) is 0 Å². The molecule has 0 aliphatic rings. The zero-order chi connectivity index (χ0) is 20.7. The van der Waals surface area contributed by atoms with Gasteiger partial charge in [-0.2, -0.15) is 13.2 Å². The molecule has 0 unspecified atom stereocenters. The molecule has 0 spiro atoms. The van der Waals surface area contributed by atoms with Gasteiger partial charge in [0.15, 0.2) is 0 Å². The minimum absolute atomic E-state index is 0.00534. The summed E-state index contributed by atoms with van der Waals surface area (Å²) in [5, 5.41) is 9.62. The van der Waals surface area contributed by atoms with Gasteiger partial charge in [-0.15, -0.1) is 0 Å². The molecule has 0 saturated carbocycles. The number of carboxylic acids is 1. The predicted octanol–water partition coefficient (Wildman–Crippen LogP) is 4.42. The highest BCUT2D eigenvalue weighted by atomic mass is 32.2. The summed E-state index contributed by atoms with van der Waals surface area (Å²) in [7, 11) is -4.24. The van der Waals surface area contributed by atoms with Crippen molar-refractivity contribution in [2.24, 2.45) is 0 Å². The average Bonchev–Trinajstić information content (AvgIpc) is 3.08. The van der Waals surface area contributed by atoms with Crippen LogP contribution in [0.1, 0.15) is 21.6 Å². The third-order valence-corrected chi connectivity index (χ3v) is 5.90. The van der Waals surface area contributed by atoms with Gasteiger partial charge in [0.05, 0.1) is 10.5 Å². The number of carboxylic acid groups (broad SMARTS) is 1. The Balaban J connectivity index is 2.26. The van der Waals surface area contributed by atoms with Crippen LogP contribution < -0.4 is 0 Å². The number of aromatic carboxylic acids is 1. The fraction of sp³-hybridized carbons (Fsp3) is 0.105. The number of hydrogen-bond donors (Lipinski definition) is 1. The third-order valence-electron chi connectivity index (χ3n) is 4.21. The smallest absolute Gasteiger partial charge is 0.416 e. The van der Waals surface area contributed by atoms with Crippen LogP contribution in [0.2, 0.25) is 0 Å². The number of alkyl halides is 3. The Labute approximate surface area is 158 Å². The third kappa shape index (κ3) is 3.40. The lowest BCUT2D eigenvalue weighted by Crippen LogP contribution is -2.18. The maximum Gasteiger partial charge on any atom is 0.416 e. The Hall–Kier alpha value is -3.07. The second-order valence-corrected chi connectivity index (χ2v) is 7.84. The van der Waals surface area contributed by atoms with Gasteiger partial charge in [0.25, 0.3) is 10.0 Å². The molecule has 5 nitrogen and oxygen atoms in total. The Morgan fingerprint density at radius 3 is 2.21 bits per heavy atom. The van der Waals surface area contributed by atoms with Crippen LogP contribution >= 0.6 is 0 Å². The van der Waals surface area contributed by atoms with E-state index in [-0.39, 0.29) is 16.0 Å². The van der Waals surface area contributed by atoms with Gasteiger partial charge in [0.2, 0.25) is 0 Å². The summed E-state index contributed by atoms with van der Waals surface area (Å²) in [6, 6.07) is 11.3. The molecule has 9 heteroatoms. The first kappa shape index (κ1) is 19.7. The van der Waals surface area contributed by atoms with Crippen LogP contribution in [0.4, 0.5) is 13.2 Å². The Kier molecular flexibility index (Phi) is 4.80. The van der Waals surface area contributed by atoms with Gasteiger partial charge in [-0.3, -0.25) is 0 Å². The molecule has 0 aliphatic heterocycles. The lowest BCUT2D eigenvalue weighted by Gasteiger charge is -2.13. The summed E-state index contributed by atoms with van der Waals surface area (Å²) in [5.41, 5.74) is -1.33. The van der Waals surface area contributed by atoms with Gasteiger partial charge in [0.1, 0.15) is 5.69 Å². The van der Waals surface area contributed by atoms with E-state index in [0.29, 0.717) is 9.54 Å². The second kappa shape index (κ2) is 6.83.